The third-order valence-corrected chi connectivity index (χ3v) is 2.50. The highest BCUT2D eigenvalue weighted by atomic mass is 19.3. The van der Waals surface area contributed by atoms with Gasteiger partial charge in [-0.05, 0) is 24.6 Å². The van der Waals surface area contributed by atoms with Gasteiger partial charge in [0.15, 0.2) is 0 Å². The second-order valence-corrected chi connectivity index (χ2v) is 3.72. The molecule has 5 heteroatoms. The van der Waals surface area contributed by atoms with Crippen molar-refractivity contribution in [2.75, 3.05) is 0 Å². The summed E-state index contributed by atoms with van der Waals surface area (Å²) in [6.45, 7) is 1.31. The monoisotopic (exact) mass is 211 g/mol. The summed E-state index contributed by atoms with van der Waals surface area (Å²) in [5.74, 6) is 0. The molecule has 3 nitrogen and oxygen atoms in total. The predicted octanol–water partition coefficient (Wildman–Crippen LogP) is 2.00. The van der Waals surface area contributed by atoms with E-state index in [0.717, 1.165) is 5.52 Å². The number of imidazole rings is 1. The molecule has 0 fully saturated rings. The van der Waals surface area contributed by atoms with Crippen LogP contribution in [0.25, 0.3) is 11.0 Å². The van der Waals surface area contributed by atoms with Gasteiger partial charge in [-0.1, -0.05) is 6.07 Å². The molecular weight excluding hydrogens is 200 g/mol. The van der Waals surface area contributed by atoms with Crippen molar-refractivity contribution in [3.8, 4) is 0 Å². The number of aromatic nitrogens is 2. The Morgan fingerprint density at radius 1 is 1.47 bits per heavy atom. The third-order valence-electron chi connectivity index (χ3n) is 2.50. The van der Waals surface area contributed by atoms with Crippen LogP contribution >= 0.6 is 0 Å². The number of alkyl halides is 2. The summed E-state index contributed by atoms with van der Waals surface area (Å²) in [6.07, 6.45) is -1.08. The third kappa shape index (κ3) is 1.59. The van der Waals surface area contributed by atoms with Crippen molar-refractivity contribution in [1.29, 1.82) is 0 Å². The average Bonchev–Trinajstić information content (AvgIpc) is 2.63. The van der Waals surface area contributed by atoms with Crippen LogP contribution in [0.1, 0.15) is 12.5 Å². The standard InChI is InChI=1S/C10H11F2N3/c1-10(13,9(11)12)6-2-3-7-8(4-6)15-5-14-7/h2-5,9H,13H2,1H3,(H,14,15). The van der Waals surface area contributed by atoms with Gasteiger partial charge in [-0.25, -0.2) is 13.8 Å². The average molecular weight is 211 g/mol. The van der Waals surface area contributed by atoms with Crippen molar-refractivity contribution in [3.05, 3.63) is 30.1 Å². The fourth-order valence-electron chi connectivity index (χ4n) is 1.40. The van der Waals surface area contributed by atoms with Crippen LogP contribution in [0.5, 0.6) is 0 Å². The van der Waals surface area contributed by atoms with E-state index in [0.29, 0.717) is 11.1 Å². The lowest BCUT2D eigenvalue weighted by atomic mass is 9.93. The van der Waals surface area contributed by atoms with Gasteiger partial charge >= 0.3 is 0 Å². The van der Waals surface area contributed by atoms with Crippen molar-refractivity contribution in [2.45, 2.75) is 18.9 Å². The van der Waals surface area contributed by atoms with Crippen LogP contribution in [0.2, 0.25) is 0 Å². The first-order valence-corrected chi connectivity index (χ1v) is 4.52. The topological polar surface area (TPSA) is 54.7 Å². The summed E-state index contributed by atoms with van der Waals surface area (Å²) in [5.41, 5.74) is 5.78. The van der Waals surface area contributed by atoms with Crippen LogP contribution in [0.15, 0.2) is 24.5 Å². The number of hydrogen-bond acceptors (Lipinski definition) is 2. The Bertz CT molecular complexity index is 476. The van der Waals surface area contributed by atoms with Crippen molar-refractivity contribution < 1.29 is 8.78 Å². The number of benzene rings is 1. The van der Waals surface area contributed by atoms with Gasteiger partial charge in [-0.3, -0.25) is 0 Å². The molecule has 0 radical (unpaired) electrons. The molecule has 3 N–H and O–H groups in total. The number of nitrogens with one attached hydrogen (secondary N) is 1. The van der Waals surface area contributed by atoms with Crippen molar-refractivity contribution in [1.82, 2.24) is 9.97 Å². The Kier molecular flexibility index (Phi) is 2.19. The maximum absolute atomic E-state index is 12.7. The van der Waals surface area contributed by atoms with Crippen LogP contribution in [-0.2, 0) is 5.54 Å². The highest BCUT2D eigenvalue weighted by molar-refractivity contribution is 5.75. The quantitative estimate of drug-likeness (QED) is 0.798. The zero-order valence-electron chi connectivity index (χ0n) is 8.17. The molecule has 2 rings (SSSR count). The van der Waals surface area contributed by atoms with E-state index >= 15 is 0 Å². The Labute approximate surface area is 85.3 Å². The van der Waals surface area contributed by atoms with Crippen molar-refractivity contribution >= 4 is 11.0 Å². The maximum Gasteiger partial charge on any atom is 0.260 e. The number of aromatic amines is 1. The minimum Gasteiger partial charge on any atom is -0.345 e. The number of nitrogens with zero attached hydrogens (tertiary/aromatic N) is 1. The first kappa shape index (κ1) is 10.0. The van der Waals surface area contributed by atoms with Crippen molar-refractivity contribution in [2.24, 2.45) is 5.73 Å². The van der Waals surface area contributed by atoms with E-state index in [-0.39, 0.29) is 0 Å². The maximum atomic E-state index is 12.7. The molecule has 0 saturated carbocycles. The molecule has 0 aliphatic heterocycles. The Hall–Kier alpha value is -1.49. The second kappa shape index (κ2) is 3.27. The number of H-pyrrole nitrogens is 1. The summed E-state index contributed by atoms with van der Waals surface area (Å²) in [6, 6.07) is 4.86. The fraction of sp³-hybridized carbons (Fsp3) is 0.300. The molecule has 2 aromatic rings. The molecule has 0 aliphatic rings. The zero-order valence-corrected chi connectivity index (χ0v) is 8.17. The van der Waals surface area contributed by atoms with E-state index in [1.165, 1.54) is 13.3 Å². The summed E-state index contributed by atoms with van der Waals surface area (Å²) in [4.78, 5) is 6.86. The summed E-state index contributed by atoms with van der Waals surface area (Å²) in [5, 5.41) is 0. The molecule has 0 bridgehead atoms. The molecule has 1 atom stereocenters. The van der Waals surface area contributed by atoms with Gasteiger partial charge in [0.1, 0.15) is 0 Å². The molecule has 1 unspecified atom stereocenters. The van der Waals surface area contributed by atoms with E-state index in [2.05, 4.69) is 9.97 Å². The van der Waals surface area contributed by atoms with Gasteiger partial charge in [0.2, 0.25) is 0 Å². The number of nitrogens with two attached hydrogens (primary N) is 1. The first-order valence-electron chi connectivity index (χ1n) is 4.52. The van der Waals surface area contributed by atoms with Crippen LogP contribution < -0.4 is 5.73 Å². The van der Waals surface area contributed by atoms with Crippen molar-refractivity contribution in [3.63, 3.8) is 0 Å². The number of rotatable bonds is 2. The van der Waals surface area contributed by atoms with Gasteiger partial charge in [-0.15, -0.1) is 0 Å². The molecule has 0 saturated heterocycles. The van der Waals surface area contributed by atoms with E-state index in [4.69, 9.17) is 5.73 Å². The second-order valence-electron chi connectivity index (χ2n) is 3.72. The smallest absolute Gasteiger partial charge is 0.260 e. The van der Waals surface area contributed by atoms with Gasteiger partial charge < -0.3 is 10.7 Å². The highest BCUT2D eigenvalue weighted by Gasteiger charge is 2.32. The number of halogens is 2. The van der Waals surface area contributed by atoms with Gasteiger partial charge in [0.05, 0.1) is 22.9 Å². The number of hydrogen-bond donors (Lipinski definition) is 2. The summed E-state index contributed by atoms with van der Waals surface area (Å²) < 4.78 is 25.3. The first-order chi connectivity index (χ1) is 7.01. The van der Waals surface area contributed by atoms with Crippen LogP contribution in [-0.4, -0.2) is 16.4 Å². The predicted molar refractivity (Wildman–Crippen MR) is 53.6 cm³/mol. The largest absolute Gasteiger partial charge is 0.345 e. The Balaban J connectivity index is 2.52. The Morgan fingerprint density at radius 2 is 2.20 bits per heavy atom. The summed E-state index contributed by atoms with van der Waals surface area (Å²) in [7, 11) is 0. The molecule has 80 valence electrons. The molecule has 0 aliphatic carbocycles. The normalized spacial score (nSPS) is 15.8. The highest BCUT2D eigenvalue weighted by Crippen LogP contribution is 2.26. The SMILES string of the molecule is CC(N)(c1ccc2nc[nH]c2c1)C(F)F. The molecular formula is C10H11F2N3. The molecule has 1 heterocycles. The molecule has 1 aromatic carbocycles. The Morgan fingerprint density at radius 3 is 2.87 bits per heavy atom. The van der Waals surface area contributed by atoms with E-state index < -0.39 is 12.0 Å². The number of fused-ring (bicyclic) bond motifs is 1. The lowest BCUT2D eigenvalue weighted by Crippen LogP contribution is -2.40. The van der Waals surface area contributed by atoms with E-state index in [1.807, 2.05) is 0 Å². The lowest BCUT2D eigenvalue weighted by molar-refractivity contribution is 0.0626. The van der Waals surface area contributed by atoms with Crippen LogP contribution in [0.4, 0.5) is 8.78 Å². The van der Waals surface area contributed by atoms with Gasteiger partial charge in [0, 0.05) is 0 Å². The molecule has 0 spiro atoms. The van der Waals surface area contributed by atoms with Crippen LogP contribution in [0.3, 0.4) is 0 Å². The summed E-state index contributed by atoms with van der Waals surface area (Å²) >= 11 is 0. The van der Waals surface area contributed by atoms with Crippen LogP contribution in [0, 0.1) is 0 Å². The van der Waals surface area contributed by atoms with Gasteiger partial charge in [0.25, 0.3) is 6.43 Å². The molecule has 1 aromatic heterocycles. The van der Waals surface area contributed by atoms with E-state index in [1.54, 1.807) is 18.2 Å². The fourth-order valence-corrected chi connectivity index (χ4v) is 1.40. The molecule has 0 amide bonds. The van der Waals surface area contributed by atoms with Gasteiger partial charge in [-0.2, -0.15) is 0 Å². The molecule has 15 heavy (non-hydrogen) atoms. The minimum absolute atomic E-state index is 0.397. The zero-order chi connectivity index (χ0) is 11.1. The lowest BCUT2D eigenvalue weighted by Gasteiger charge is -2.23. The van der Waals surface area contributed by atoms with E-state index in [9.17, 15) is 8.78 Å². The minimum atomic E-state index is -2.60.